The molecule has 0 radical (unpaired) electrons. The molecular weight excluding hydrogens is 496 g/mol. The van der Waals surface area contributed by atoms with Gasteiger partial charge in [-0.3, -0.25) is 9.78 Å². The molecule has 0 saturated carbocycles. The molecule has 1 aliphatic rings. The van der Waals surface area contributed by atoms with Crippen LogP contribution in [0.2, 0.25) is 0 Å². The predicted octanol–water partition coefficient (Wildman–Crippen LogP) is 4.26. The smallest absolute Gasteiger partial charge is 0.253 e. The summed E-state index contributed by atoms with van der Waals surface area (Å²) >= 11 is 0. The number of nitrogens with one attached hydrogen (secondary N) is 2. The molecule has 39 heavy (non-hydrogen) atoms. The number of nitrogens with zero attached hydrogens (tertiary/aromatic N) is 2. The number of amides is 1. The minimum Gasteiger partial charge on any atom is -0.494 e. The highest BCUT2D eigenvalue weighted by molar-refractivity contribution is 5.94. The van der Waals surface area contributed by atoms with Gasteiger partial charge in [0.25, 0.3) is 5.91 Å². The van der Waals surface area contributed by atoms with Crippen LogP contribution >= 0.6 is 0 Å². The van der Waals surface area contributed by atoms with Crippen LogP contribution in [0.3, 0.4) is 0 Å². The van der Waals surface area contributed by atoms with Gasteiger partial charge in [-0.15, -0.1) is 0 Å². The van der Waals surface area contributed by atoms with Crippen LogP contribution < -0.4 is 20.1 Å². The van der Waals surface area contributed by atoms with E-state index < -0.39 is 12.1 Å². The summed E-state index contributed by atoms with van der Waals surface area (Å²) < 4.78 is 17.2. The van der Waals surface area contributed by atoms with Crippen molar-refractivity contribution in [1.82, 2.24) is 20.8 Å². The Morgan fingerprint density at radius 1 is 1.10 bits per heavy atom. The van der Waals surface area contributed by atoms with Crippen LogP contribution in [0.5, 0.6) is 11.5 Å². The number of rotatable bonds is 6. The van der Waals surface area contributed by atoms with Crippen molar-refractivity contribution in [2.45, 2.75) is 71.6 Å². The summed E-state index contributed by atoms with van der Waals surface area (Å²) in [6, 6.07) is 10.7. The van der Waals surface area contributed by atoms with Crippen molar-refractivity contribution >= 4 is 5.91 Å². The highest BCUT2D eigenvalue weighted by Crippen LogP contribution is 2.23. The SMILES string of the molecule is C[C@H](NC[C@@H](O)[C@@H]1Cc2cccc(c2)OCCCCOc2cncc(c2)C(=O)N1)c1cc(CC(C)(C)C)on1. The molecular formula is C30H40N4O5. The van der Waals surface area contributed by atoms with Crippen molar-refractivity contribution < 1.29 is 23.9 Å². The Balaban J connectivity index is 1.48. The fourth-order valence-corrected chi connectivity index (χ4v) is 4.44. The molecule has 3 heterocycles. The first kappa shape index (κ1) is 28.6. The summed E-state index contributed by atoms with van der Waals surface area (Å²) in [5.74, 6) is 1.80. The van der Waals surface area contributed by atoms with Crippen molar-refractivity contribution in [3.05, 3.63) is 71.4 Å². The average molecular weight is 537 g/mol. The van der Waals surface area contributed by atoms with Crippen molar-refractivity contribution in [3.63, 3.8) is 0 Å². The molecule has 0 unspecified atom stereocenters. The third-order valence-corrected chi connectivity index (χ3v) is 6.55. The van der Waals surface area contributed by atoms with E-state index in [4.69, 9.17) is 14.0 Å². The number of aromatic nitrogens is 2. The lowest BCUT2D eigenvalue weighted by Crippen LogP contribution is -2.49. The van der Waals surface area contributed by atoms with Gasteiger partial charge in [-0.1, -0.05) is 38.1 Å². The Labute approximate surface area is 230 Å². The Bertz CT molecular complexity index is 1220. The summed E-state index contributed by atoms with van der Waals surface area (Å²) in [6.45, 7) is 9.75. The second-order valence-corrected chi connectivity index (χ2v) is 11.4. The molecule has 0 aliphatic carbocycles. The molecule has 1 aromatic carbocycles. The molecule has 0 saturated heterocycles. The van der Waals surface area contributed by atoms with Gasteiger partial charge in [-0.05, 0) is 55.4 Å². The molecule has 3 N–H and O–H groups in total. The molecule has 9 heteroatoms. The van der Waals surface area contributed by atoms with Crippen molar-refractivity contribution in [1.29, 1.82) is 0 Å². The highest BCUT2D eigenvalue weighted by atomic mass is 16.5. The summed E-state index contributed by atoms with van der Waals surface area (Å²) in [4.78, 5) is 17.4. The first-order valence-electron chi connectivity index (χ1n) is 13.6. The van der Waals surface area contributed by atoms with Gasteiger partial charge in [-0.2, -0.15) is 0 Å². The number of aliphatic hydroxyl groups is 1. The molecule has 0 spiro atoms. The lowest BCUT2D eigenvalue weighted by Gasteiger charge is -2.26. The van der Waals surface area contributed by atoms with Gasteiger partial charge in [0, 0.05) is 25.2 Å². The van der Waals surface area contributed by atoms with Crippen LogP contribution in [0.1, 0.15) is 74.0 Å². The quantitative estimate of drug-likeness (QED) is 0.428. The molecule has 0 fully saturated rings. The van der Waals surface area contributed by atoms with Gasteiger partial charge >= 0.3 is 0 Å². The standard InChI is InChI=1S/C30H40N4O5/c1-20(26-15-24(39-34-26)16-30(2,3)4)32-19-28(35)27-13-21-8-7-9-23(12-21)37-10-5-6-11-38-25-14-22(17-31-18-25)29(36)33-27/h7-9,12,14-15,17-18,20,27-28,32,35H,5-6,10-11,13,16,19H2,1-4H3,(H,33,36)/t20-,27-,28+/m0/s1. The van der Waals surface area contributed by atoms with Crippen LogP contribution in [0.15, 0.2) is 53.3 Å². The zero-order valence-electron chi connectivity index (χ0n) is 23.3. The number of ether oxygens (including phenoxy) is 2. The maximum Gasteiger partial charge on any atom is 0.253 e. The van der Waals surface area contributed by atoms with E-state index in [9.17, 15) is 9.90 Å². The molecule has 1 aliphatic heterocycles. The number of aliphatic hydroxyl groups excluding tert-OH is 1. The molecule has 4 bridgehead atoms. The number of carbonyl (C=O) groups excluding carboxylic acids is 1. The minimum absolute atomic E-state index is 0.0928. The fraction of sp³-hybridized carbons (Fsp3) is 0.500. The number of hydrogen-bond donors (Lipinski definition) is 3. The maximum absolute atomic E-state index is 13.2. The first-order valence-corrected chi connectivity index (χ1v) is 13.6. The number of fused-ring (bicyclic) bond motifs is 4. The molecule has 210 valence electrons. The largest absolute Gasteiger partial charge is 0.494 e. The number of hydrogen-bond acceptors (Lipinski definition) is 8. The zero-order chi connectivity index (χ0) is 27.8. The van der Waals surface area contributed by atoms with E-state index in [0.29, 0.717) is 30.9 Å². The summed E-state index contributed by atoms with van der Waals surface area (Å²) in [5, 5.41) is 21.8. The Kier molecular flexibility index (Phi) is 9.59. The lowest BCUT2D eigenvalue weighted by atomic mass is 9.91. The van der Waals surface area contributed by atoms with E-state index in [1.54, 1.807) is 12.3 Å². The first-order chi connectivity index (χ1) is 18.7. The molecule has 3 aromatic rings. The maximum atomic E-state index is 13.2. The van der Waals surface area contributed by atoms with Gasteiger partial charge in [0.1, 0.15) is 23.0 Å². The number of carbonyl (C=O) groups is 1. The van der Waals surface area contributed by atoms with Gasteiger partial charge in [0.15, 0.2) is 0 Å². The van der Waals surface area contributed by atoms with Crippen molar-refractivity contribution in [2.24, 2.45) is 5.41 Å². The summed E-state index contributed by atoms with van der Waals surface area (Å²) in [7, 11) is 0. The second kappa shape index (κ2) is 13.1. The zero-order valence-corrected chi connectivity index (χ0v) is 23.3. The van der Waals surface area contributed by atoms with E-state index in [0.717, 1.165) is 42.0 Å². The van der Waals surface area contributed by atoms with Crippen molar-refractivity contribution in [2.75, 3.05) is 19.8 Å². The van der Waals surface area contributed by atoms with Gasteiger partial charge < -0.3 is 29.7 Å². The molecule has 4 rings (SSSR count). The van der Waals surface area contributed by atoms with Crippen LogP contribution in [0.4, 0.5) is 0 Å². The molecule has 3 atom stereocenters. The Morgan fingerprint density at radius 2 is 1.87 bits per heavy atom. The van der Waals surface area contributed by atoms with Crippen LogP contribution in [-0.4, -0.2) is 53.1 Å². The number of benzene rings is 1. The molecule has 2 aromatic heterocycles. The minimum atomic E-state index is -0.881. The van der Waals surface area contributed by atoms with Crippen LogP contribution in [0, 0.1) is 5.41 Å². The highest BCUT2D eigenvalue weighted by Gasteiger charge is 2.25. The number of pyridine rings is 1. The van der Waals surface area contributed by atoms with E-state index in [1.807, 2.05) is 37.3 Å². The Morgan fingerprint density at radius 3 is 2.64 bits per heavy atom. The second-order valence-electron chi connectivity index (χ2n) is 11.4. The third kappa shape index (κ3) is 8.80. The van der Waals surface area contributed by atoms with Crippen LogP contribution in [0.25, 0.3) is 0 Å². The summed E-state index contributed by atoms with van der Waals surface area (Å²) in [5.41, 5.74) is 2.20. The topological polar surface area (TPSA) is 119 Å². The van der Waals surface area contributed by atoms with Crippen molar-refractivity contribution in [3.8, 4) is 11.5 Å². The molecule has 1 amide bonds. The van der Waals surface area contributed by atoms with E-state index in [-0.39, 0.29) is 23.9 Å². The fourth-order valence-electron chi connectivity index (χ4n) is 4.44. The van der Waals surface area contributed by atoms with E-state index in [1.165, 1.54) is 6.20 Å². The monoisotopic (exact) mass is 536 g/mol. The average Bonchev–Trinajstić information content (AvgIpc) is 3.35. The van der Waals surface area contributed by atoms with Crippen LogP contribution in [-0.2, 0) is 12.8 Å². The lowest BCUT2D eigenvalue weighted by molar-refractivity contribution is 0.0824. The summed E-state index contributed by atoms with van der Waals surface area (Å²) in [6.07, 6.45) is 5.08. The van der Waals surface area contributed by atoms with E-state index >= 15 is 0 Å². The third-order valence-electron chi connectivity index (χ3n) is 6.55. The Hall–Kier alpha value is -3.43. The van der Waals surface area contributed by atoms with E-state index in [2.05, 4.69) is 41.5 Å². The normalized spacial score (nSPS) is 18.4. The van der Waals surface area contributed by atoms with Gasteiger partial charge in [0.2, 0.25) is 0 Å². The van der Waals surface area contributed by atoms with Gasteiger partial charge in [0.05, 0.1) is 43.2 Å². The van der Waals surface area contributed by atoms with Gasteiger partial charge in [-0.25, -0.2) is 0 Å². The predicted molar refractivity (Wildman–Crippen MR) is 148 cm³/mol. The molecule has 9 nitrogen and oxygen atoms in total.